The Hall–Kier alpha value is -0.520. The highest BCUT2D eigenvalue weighted by Gasteiger charge is 2.28. The summed E-state index contributed by atoms with van der Waals surface area (Å²) >= 11 is 0. The van der Waals surface area contributed by atoms with E-state index in [1.54, 1.807) is 0 Å². The molecule has 0 N–H and O–H groups in total. The Kier molecular flexibility index (Phi) is 8.31. The quantitative estimate of drug-likeness (QED) is 0.416. The molecule has 0 amide bonds. The van der Waals surface area contributed by atoms with Crippen molar-refractivity contribution >= 4 is 0 Å². The molecule has 2 unspecified atom stereocenters. The molecule has 0 radical (unpaired) electrons. The maximum absolute atomic E-state index is 4.29. The minimum atomic E-state index is 0.366. The minimum Gasteiger partial charge on any atom is -0.0996 e. The standard InChI is InChI=1S/C18H34/c1-8-12-15(4)13-11-14-17(16(5)9-2)18(6,7)10-3/h11,13,15,17H,5,8-10,12,14H2,1-4,6-7H3. The van der Waals surface area contributed by atoms with Gasteiger partial charge in [0.2, 0.25) is 0 Å². The summed E-state index contributed by atoms with van der Waals surface area (Å²) < 4.78 is 0. The highest BCUT2D eigenvalue weighted by atomic mass is 14.3. The largest absolute Gasteiger partial charge is 0.0996 e. The summed E-state index contributed by atoms with van der Waals surface area (Å²) in [5.41, 5.74) is 1.78. The van der Waals surface area contributed by atoms with Gasteiger partial charge in [0.05, 0.1) is 0 Å². The molecule has 0 fully saturated rings. The van der Waals surface area contributed by atoms with Crippen molar-refractivity contribution in [2.24, 2.45) is 17.3 Å². The van der Waals surface area contributed by atoms with Crippen LogP contribution in [0.5, 0.6) is 0 Å². The van der Waals surface area contributed by atoms with Gasteiger partial charge in [-0.1, -0.05) is 78.7 Å². The van der Waals surface area contributed by atoms with E-state index in [9.17, 15) is 0 Å². The first-order valence-corrected chi connectivity index (χ1v) is 7.73. The normalized spacial score (nSPS) is 15.9. The van der Waals surface area contributed by atoms with Crippen LogP contribution in [0.3, 0.4) is 0 Å². The van der Waals surface area contributed by atoms with Crippen LogP contribution in [0.25, 0.3) is 0 Å². The van der Waals surface area contributed by atoms with Crippen LogP contribution >= 0.6 is 0 Å². The summed E-state index contributed by atoms with van der Waals surface area (Å²) in [5, 5.41) is 0. The predicted octanol–water partition coefficient (Wildman–Crippen LogP) is 6.39. The van der Waals surface area contributed by atoms with Crippen molar-refractivity contribution in [3.05, 3.63) is 24.3 Å². The fourth-order valence-electron chi connectivity index (χ4n) is 2.53. The Morgan fingerprint density at radius 1 is 1.22 bits per heavy atom. The predicted molar refractivity (Wildman–Crippen MR) is 84.8 cm³/mol. The monoisotopic (exact) mass is 250 g/mol. The highest BCUT2D eigenvalue weighted by Crippen LogP contribution is 2.38. The lowest BCUT2D eigenvalue weighted by molar-refractivity contribution is 0.235. The van der Waals surface area contributed by atoms with Crippen molar-refractivity contribution in [3.8, 4) is 0 Å². The van der Waals surface area contributed by atoms with Gasteiger partial charge in [-0.2, -0.15) is 0 Å². The molecule has 0 saturated heterocycles. The summed E-state index contributed by atoms with van der Waals surface area (Å²) in [6.45, 7) is 18.1. The second kappa shape index (κ2) is 8.56. The van der Waals surface area contributed by atoms with E-state index in [0.717, 1.165) is 18.8 Å². The maximum Gasteiger partial charge on any atom is -0.0120 e. The van der Waals surface area contributed by atoms with Crippen LogP contribution in [0.1, 0.15) is 73.6 Å². The molecule has 18 heavy (non-hydrogen) atoms. The molecular formula is C18H34. The zero-order chi connectivity index (χ0) is 14.2. The average molecular weight is 250 g/mol. The van der Waals surface area contributed by atoms with E-state index in [1.807, 2.05) is 0 Å². The number of hydrogen-bond donors (Lipinski definition) is 0. The minimum absolute atomic E-state index is 0.366. The van der Waals surface area contributed by atoms with E-state index in [0.29, 0.717) is 11.3 Å². The first-order valence-electron chi connectivity index (χ1n) is 7.73. The number of rotatable bonds is 9. The van der Waals surface area contributed by atoms with E-state index in [4.69, 9.17) is 0 Å². The molecule has 0 bridgehead atoms. The van der Waals surface area contributed by atoms with E-state index in [1.165, 1.54) is 24.8 Å². The van der Waals surface area contributed by atoms with Crippen molar-refractivity contribution in [3.63, 3.8) is 0 Å². The number of hydrogen-bond acceptors (Lipinski definition) is 0. The Balaban J connectivity index is 4.57. The van der Waals surface area contributed by atoms with E-state index in [2.05, 4.69) is 60.3 Å². The van der Waals surface area contributed by atoms with E-state index in [-0.39, 0.29) is 0 Å². The lowest BCUT2D eigenvalue weighted by Crippen LogP contribution is -2.24. The van der Waals surface area contributed by atoms with Gasteiger partial charge in [0.1, 0.15) is 0 Å². The third kappa shape index (κ3) is 5.89. The Bertz CT molecular complexity index is 257. The van der Waals surface area contributed by atoms with E-state index < -0.39 is 0 Å². The number of allylic oxidation sites excluding steroid dienone is 3. The van der Waals surface area contributed by atoms with Crippen LogP contribution in [0.15, 0.2) is 24.3 Å². The molecule has 0 aromatic heterocycles. The lowest BCUT2D eigenvalue weighted by Gasteiger charge is -2.34. The average Bonchev–Trinajstić information content (AvgIpc) is 2.33. The maximum atomic E-state index is 4.29. The van der Waals surface area contributed by atoms with Crippen LogP contribution < -0.4 is 0 Å². The summed E-state index contributed by atoms with van der Waals surface area (Å²) in [6.07, 6.45) is 10.8. The van der Waals surface area contributed by atoms with Gasteiger partial charge in [-0.3, -0.25) is 0 Å². The molecule has 0 aliphatic rings. The molecule has 0 nitrogen and oxygen atoms in total. The lowest BCUT2D eigenvalue weighted by atomic mass is 9.71. The van der Waals surface area contributed by atoms with Crippen LogP contribution in [0.4, 0.5) is 0 Å². The van der Waals surface area contributed by atoms with Gasteiger partial charge in [0.15, 0.2) is 0 Å². The molecule has 0 aromatic rings. The summed E-state index contributed by atoms with van der Waals surface area (Å²) in [4.78, 5) is 0. The Morgan fingerprint density at radius 3 is 2.28 bits per heavy atom. The fourth-order valence-corrected chi connectivity index (χ4v) is 2.53. The molecule has 0 aliphatic heterocycles. The SMILES string of the molecule is C=C(CC)C(CC=CC(C)CCC)C(C)(C)CC. The molecule has 0 spiro atoms. The summed E-state index contributed by atoms with van der Waals surface area (Å²) in [7, 11) is 0. The third-order valence-corrected chi connectivity index (χ3v) is 4.38. The molecule has 0 heterocycles. The van der Waals surface area contributed by atoms with Crippen molar-refractivity contribution in [2.75, 3.05) is 0 Å². The third-order valence-electron chi connectivity index (χ3n) is 4.38. The van der Waals surface area contributed by atoms with Gasteiger partial charge in [-0.05, 0) is 36.5 Å². The second-order valence-electron chi connectivity index (χ2n) is 6.34. The first kappa shape index (κ1) is 17.5. The van der Waals surface area contributed by atoms with Gasteiger partial charge >= 0.3 is 0 Å². The van der Waals surface area contributed by atoms with E-state index >= 15 is 0 Å². The summed E-state index contributed by atoms with van der Waals surface area (Å²) in [6, 6.07) is 0. The van der Waals surface area contributed by atoms with Crippen LogP contribution in [-0.4, -0.2) is 0 Å². The Morgan fingerprint density at radius 2 is 1.83 bits per heavy atom. The van der Waals surface area contributed by atoms with Crippen LogP contribution in [-0.2, 0) is 0 Å². The first-order chi connectivity index (χ1) is 8.38. The van der Waals surface area contributed by atoms with Crippen molar-refractivity contribution < 1.29 is 0 Å². The molecule has 2 atom stereocenters. The molecule has 0 saturated carbocycles. The highest BCUT2D eigenvalue weighted by molar-refractivity contribution is 5.07. The molecule has 0 aromatic carbocycles. The second-order valence-corrected chi connectivity index (χ2v) is 6.34. The van der Waals surface area contributed by atoms with Crippen molar-refractivity contribution in [1.82, 2.24) is 0 Å². The van der Waals surface area contributed by atoms with Gasteiger partial charge in [0.25, 0.3) is 0 Å². The molecule has 0 aliphatic carbocycles. The topological polar surface area (TPSA) is 0 Å². The molecule has 106 valence electrons. The molecule has 0 heteroatoms. The zero-order valence-electron chi connectivity index (χ0n) is 13.6. The van der Waals surface area contributed by atoms with Crippen LogP contribution in [0.2, 0.25) is 0 Å². The summed E-state index contributed by atoms with van der Waals surface area (Å²) in [5.74, 6) is 1.34. The molecule has 0 rings (SSSR count). The zero-order valence-corrected chi connectivity index (χ0v) is 13.6. The Labute approximate surface area is 116 Å². The van der Waals surface area contributed by atoms with Crippen molar-refractivity contribution in [1.29, 1.82) is 0 Å². The van der Waals surface area contributed by atoms with Crippen molar-refractivity contribution in [2.45, 2.75) is 73.6 Å². The van der Waals surface area contributed by atoms with Gasteiger partial charge in [-0.15, -0.1) is 0 Å². The molecular weight excluding hydrogens is 216 g/mol. The van der Waals surface area contributed by atoms with Gasteiger partial charge < -0.3 is 0 Å². The smallest absolute Gasteiger partial charge is 0.0120 e. The van der Waals surface area contributed by atoms with Crippen LogP contribution in [0, 0.1) is 17.3 Å². The van der Waals surface area contributed by atoms with Gasteiger partial charge in [-0.25, -0.2) is 0 Å². The van der Waals surface area contributed by atoms with Gasteiger partial charge in [0, 0.05) is 0 Å². The fraction of sp³-hybridized carbons (Fsp3) is 0.778.